The van der Waals surface area contributed by atoms with Gasteiger partial charge >= 0.3 is 5.97 Å². The average molecular weight is 171 g/mol. The molecule has 0 aromatic rings. The first-order valence-corrected chi connectivity index (χ1v) is 4.53. The minimum atomic E-state index is -0.605. The summed E-state index contributed by atoms with van der Waals surface area (Å²) in [5, 5.41) is 8.87. The molecule has 12 heavy (non-hydrogen) atoms. The van der Waals surface area contributed by atoms with Gasteiger partial charge < -0.3 is 10.0 Å². The van der Waals surface area contributed by atoms with E-state index in [1.807, 2.05) is 7.05 Å². The summed E-state index contributed by atoms with van der Waals surface area (Å²) in [4.78, 5) is 12.9. The fourth-order valence-electron chi connectivity index (χ4n) is 1.28. The Morgan fingerprint density at radius 2 is 2.17 bits per heavy atom. The minimum absolute atomic E-state index is 0.344. The van der Waals surface area contributed by atoms with Crippen molar-refractivity contribution in [3.05, 3.63) is 0 Å². The highest BCUT2D eigenvalue weighted by Crippen LogP contribution is 2.48. The van der Waals surface area contributed by atoms with Gasteiger partial charge in [0, 0.05) is 0 Å². The molecule has 1 aliphatic rings. The molecule has 0 amide bonds. The molecule has 0 aliphatic heterocycles. The Bertz CT molecular complexity index is 175. The van der Waals surface area contributed by atoms with Crippen LogP contribution in [0, 0.1) is 5.41 Å². The van der Waals surface area contributed by atoms with Crippen molar-refractivity contribution in [1.82, 2.24) is 4.90 Å². The molecular weight excluding hydrogens is 154 g/mol. The number of carbonyl (C=O) groups is 1. The van der Waals surface area contributed by atoms with Crippen molar-refractivity contribution >= 4 is 5.97 Å². The second-order valence-electron chi connectivity index (χ2n) is 3.73. The van der Waals surface area contributed by atoms with Crippen LogP contribution < -0.4 is 0 Å². The lowest BCUT2D eigenvalue weighted by Gasteiger charge is -2.16. The quantitative estimate of drug-likeness (QED) is 0.675. The lowest BCUT2D eigenvalue weighted by Crippen LogP contribution is -2.25. The Labute approximate surface area is 73.4 Å². The predicted molar refractivity (Wildman–Crippen MR) is 47.1 cm³/mol. The number of hydrogen-bond acceptors (Lipinski definition) is 2. The van der Waals surface area contributed by atoms with E-state index in [-0.39, 0.29) is 5.41 Å². The third-order valence-corrected chi connectivity index (χ3v) is 2.82. The maximum Gasteiger partial charge on any atom is 0.309 e. The fraction of sp³-hybridized carbons (Fsp3) is 0.889. The molecule has 0 saturated heterocycles. The molecule has 70 valence electrons. The van der Waals surface area contributed by atoms with Gasteiger partial charge in [-0.05, 0) is 39.4 Å². The summed E-state index contributed by atoms with van der Waals surface area (Å²) in [7, 11) is 2.03. The molecule has 1 aliphatic carbocycles. The van der Waals surface area contributed by atoms with E-state index in [4.69, 9.17) is 5.11 Å². The molecule has 0 spiro atoms. The number of aliphatic carboxylic acids is 1. The Kier molecular flexibility index (Phi) is 2.73. The fourth-order valence-corrected chi connectivity index (χ4v) is 1.28. The maximum absolute atomic E-state index is 10.8. The average Bonchev–Trinajstić information content (AvgIpc) is 2.81. The third kappa shape index (κ3) is 1.97. The normalized spacial score (nSPS) is 19.6. The molecule has 0 bridgehead atoms. The van der Waals surface area contributed by atoms with Crippen LogP contribution in [0.25, 0.3) is 0 Å². The van der Waals surface area contributed by atoms with Gasteiger partial charge in [0.1, 0.15) is 0 Å². The molecule has 3 heteroatoms. The Morgan fingerprint density at radius 1 is 1.58 bits per heavy atom. The lowest BCUT2D eigenvalue weighted by molar-refractivity contribution is -0.143. The summed E-state index contributed by atoms with van der Waals surface area (Å²) in [6.07, 6.45) is 2.56. The van der Waals surface area contributed by atoms with Crippen molar-refractivity contribution < 1.29 is 9.90 Å². The molecule has 0 aromatic carbocycles. The largest absolute Gasteiger partial charge is 0.481 e. The van der Waals surface area contributed by atoms with Crippen LogP contribution in [-0.2, 0) is 4.79 Å². The molecule has 3 nitrogen and oxygen atoms in total. The van der Waals surface area contributed by atoms with Crippen molar-refractivity contribution in [2.45, 2.75) is 26.2 Å². The molecule has 0 aromatic heterocycles. The van der Waals surface area contributed by atoms with E-state index >= 15 is 0 Å². The Balaban J connectivity index is 2.27. The van der Waals surface area contributed by atoms with E-state index in [0.717, 1.165) is 32.4 Å². The van der Waals surface area contributed by atoms with Crippen LogP contribution in [0.1, 0.15) is 26.2 Å². The van der Waals surface area contributed by atoms with Gasteiger partial charge in [0.25, 0.3) is 0 Å². The number of nitrogens with zero attached hydrogens (tertiary/aromatic N) is 1. The highest BCUT2D eigenvalue weighted by molar-refractivity contribution is 5.77. The van der Waals surface area contributed by atoms with E-state index in [2.05, 4.69) is 11.8 Å². The summed E-state index contributed by atoms with van der Waals surface area (Å²) in [6.45, 7) is 3.98. The van der Waals surface area contributed by atoms with Crippen LogP contribution in [0.5, 0.6) is 0 Å². The lowest BCUT2D eigenvalue weighted by atomic mass is 10.0. The van der Waals surface area contributed by atoms with Gasteiger partial charge in [0.05, 0.1) is 5.41 Å². The molecule has 0 atom stereocenters. The molecular formula is C9H17NO2. The Morgan fingerprint density at radius 3 is 2.50 bits per heavy atom. The number of carboxylic acid groups (broad SMARTS) is 1. The second-order valence-corrected chi connectivity index (χ2v) is 3.73. The number of carboxylic acids is 1. The summed E-state index contributed by atoms with van der Waals surface area (Å²) in [5.74, 6) is -0.605. The van der Waals surface area contributed by atoms with Gasteiger partial charge in [-0.15, -0.1) is 0 Å². The molecule has 0 unspecified atom stereocenters. The molecule has 0 heterocycles. The SMILES string of the molecule is CCN(C)CCC1(C(=O)O)CC1. The molecule has 0 radical (unpaired) electrons. The van der Waals surface area contributed by atoms with Gasteiger partial charge in [-0.3, -0.25) is 4.79 Å². The Hall–Kier alpha value is -0.570. The van der Waals surface area contributed by atoms with E-state index in [1.165, 1.54) is 0 Å². The standard InChI is InChI=1S/C9H17NO2/c1-3-10(2)7-6-9(4-5-9)8(11)12/h3-7H2,1-2H3,(H,11,12). The van der Waals surface area contributed by atoms with Gasteiger partial charge in [0.15, 0.2) is 0 Å². The van der Waals surface area contributed by atoms with E-state index in [1.54, 1.807) is 0 Å². The van der Waals surface area contributed by atoms with Gasteiger partial charge in [0.2, 0.25) is 0 Å². The van der Waals surface area contributed by atoms with Gasteiger partial charge in [-0.1, -0.05) is 6.92 Å². The smallest absolute Gasteiger partial charge is 0.309 e. The van der Waals surface area contributed by atoms with Crippen LogP contribution in [0.3, 0.4) is 0 Å². The monoisotopic (exact) mass is 171 g/mol. The van der Waals surface area contributed by atoms with Crippen LogP contribution in [0.4, 0.5) is 0 Å². The first kappa shape index (κ1) is 9.52. The third-order valence-electron chi connectivity index (χ3n) is 2.82. The highest BCUT2D eigenvalue weighted by Gasteiger charge is 2.49. The van der Waals surface area contributed by atoms with Gasteiger partial charge in [-0.2, -0.15) is 0 Å². The van der Waals surface area contributed by atoms with Crippen molar-refractivity contribution in [1.29, 1.82) is 0 Å². The number of rotatable bonds is 5. The molecule has 1 N–H and O–H groups in total. The van der Waals surface area contributed by atoms with Crippen molar-refractivity contribution in [2.75, 3.05) is 20.1 Å². The first-order valence-electron chi connectivity index (χ1n) is 4.53. The van der Waals surface area contributed by atoms with Crippen molar-refractivity contribution in [3.8, 4) is 0 Å². The van der Waals surface area contributed by atoms with Crippen LogP contribution >= 0.6 is 0 Å². The maximum atomic E-state index is 10.8. The number of hydrogen-bond donors (Lipinski definition) is 1. The van der Waals surface area contributed by atoms with E-state index in [0.29, 0.717) is 0 Å². The topological polar surface area (TPSA) is 40.5 Å². The molecule has 1 fully saturated rings. The summed E-state index contributed by atoms with van der Waals surface area (Å²) in [6, 6.07) is 0. The second kappa shape index (κ2) is 3.44. The molecule has 1 rings (SSSR count). The zero-order valence-electron chi connectivity index (χ0n) is 7.84. The van der Waals surface area contributed by atoms with Gasteiger partial charge in [-0.25, -0.2) is 0 Å². The zero-order valence-corrected chi connectivity index (χ0v) is 7.84. The highest BCUT2D eigenvalue weighted by atomic mass is 16.4. The van der Waals surface area contributed by atoms with Crippen molar-refractivity contribution in [3.63, 3.8) is 0 Å². The molecule has 1 saturated carbocycles. The van der Waals surface area contributed by atoms with Crippen LogP contribution in [-0.4, -0.2) is 36.1 Å². The summed E-state index contributed by atoms with van der Waals surface area (Å²) >= 11 is 0. The van der Waals surface area contributed by atoms with Crippen LogP contribution in [0.2, 0.25) is 0 Å². The summed E-state index contributed by atoms with van der Waals surface area (Å²) < 4.78 is 0. The van der Waals surface area contributed by atoms with Crippen molar-refractivity contribution in [2.24, 2.45) is 5.41 Å². The minimum Gasteiger partial charge on any atom is -0.481 e. The van der Waals surface area contributed by atoms with Crippen LogP contribution in [0.15, 0.2) is 0 Å². The van der Waals surface area contributed by atoms with E-state index < -0.39 is 5.97 Å². The van der Waals surface area contributed by atoms with E-state index in [9.17, 15) is 4.79 Å². The summed E-state index contributed by atoms with van der Waals surface area (Å²) in [5.41, 5.74) is -0.344. The zero-order chi connectivity index (χ0) is 9.19. The predicted octanol–water partition coefficient (Wildman–Crippen LogP) is 1.19. The first-order chi connectivity index (χ1) is 5.60.